The predicted molar refractivity (Wildman–Crippen MR) is 106 cm³/mol. The Kier molecular flexibility index (Phi) is 5.39. The molecule has 0 saturated heterocycles. The van der Waals surface area contributed by atoms with E-state index in [-0.39, 0.29) is 11.7 Å². The lowest BCUT2D eigenvalue weighted by Crippen LogP contribution is -2.34. The van der Waals surface area contributed by atoms with Crippen LogP contribution >= 0.6 is 11.6 Å². The minimum Gasteiger partial charge on any atom is -0.507 e. The average Bonchev–Trinajstić information content (AvgIpc) is 2.65. The van der Waals surface area contributed by atoms with E-state index in [1.54, 1.807) is 37.3 Å². The highest BCUT2D eigenvalue weighted by atomic mass is 35.5. The fourth-order valence-electron chi connectivity index (χ4n) is 2.54. The summed E-state index contributed by atoms with van der Waals surface area (Å²) >= 11 is 5.85. The van der Waals surface area contributed by atoms with Gasteiger partial charge in [0.25, 0.3) is 5.91 Å². The third kappa shape index (κ3) is 4.13. The van der Waals surface area contributed by atoms with Crippen LogP contribution in [0.4, 0.5) is 5.69 Å². The molecule has 0 aliphatic rings. The molecule has 0 saturated carbocycles. The lowest BCUT2D eigenvalue weighted by molar-refractivity contribution is -0.121. The molecule has 1 atom stereocenters. The molecule has 6 heteroatoms. The molecule has 3 N–H and O–H groups in total. The lowest BCUT2D eigenvalue weighted by Gasteiger charge is -2.13. The quantitative estimate of drug-likeness (QED) is 0.468. The molecule has 0 radical (unpaired) electrons. The molecular formula is C20H18ClN3O2. The summed E-state index contributed by atoms with van der Waals surface area (Å²) in [7, 11) is 0. The molecule has 26 heavy (non-hydrogen) atoms. The fourth-order valence-corrected chi connectivity index (χ4v) is 2.66. The second-order valence-corrected chi connectivity index (χ2v) is 6.26. The van der Waals surface area contributed by atoms with Crippen molar-refractivity contribution in [1.29, 1.82) is 0 Å². The molecule has 0 heterocycles. The summed E-state index contributed by atoms with van der Waals surface area (Å²) in [6.45, 7) is 1.73. The van der Waals surface area contributed by atoms with Crippen LogP contribution in [-0.4, -0.2) is 23.3 Å². The first kappa shape index (κ1) is 17.8. The van der Waals surface area contributed by atoms with Crippen LogP contribution in [0.5, 0.6) is 5.75 Å². The number of fused-ring (bicyclic) bond motifs is 1. The van der Waals surface area contributed by atoms with E-state index in [0.717, 1.165) is 16.5 Å². The highest BCUT2D eigenvalue weighted by Gasteiger charge is 2.12. The molecule has 0 spiro atoms. The van der Waals surface area contributed by atoms with Crippen LogP contribution in [0.15, 0.2) is 65.8 Å². The van der Waals surface area contributed by atoms with E-state index < -0.39 is 6.04 Å². The van der Waals surface area contributed by atoms with Crippen molar-refractivity contribution in [1.82, 2.24) is 5.43 Å². The molecule has 0 unspecified atom stereocenters. The number of hydrogen-bond donors (Lipinski definition) is 3. The first-order chi connectivity index (χ1) is 12.5. The highest BCUT2D eigenvalue weighted by Crippen LogP contribution is 2.25. The first-order valence-corrected chi connectivity index (χ1v) is 8.48. The Morgan fingerprint density at radius 1 is 1.12 bits per heavy atom. The van der Waals surface area contributed by atoms with Crippen molar-refractivity contribution < 1.29 is 9.90 Å². The number of benzene rings is 3. The number of nitrogens with one attached hydrogen (secondary N) is 2. The van der Waals surface area contributed by atoms with Crippen LogP contribution in [0.1, 0.15) is 12.5 Å². The maximum absolute atomic E-state index is 12.2. The summed E-state index contributed by atoms with van der Waals surface area (Å²) in [5.74, 6) is -0.190. The van der Waals surface area contributed by atoms with Crippen molar-refractivity contribution in [2.75, 3.05) is 5.32 Å². The molecule has 1 amide bonds. The van der Waals surface area contributed by atoms with Gasteiger partial charge in [-0.25, -0.2) is 5.43 Å². The van der Waals surface area contributed by atoms with E-state index in [9.17, 15) is 9.90 Å². The van der Waals surface area contributed by atoms with Crippen LogP contribution in [0.25, 0.3) is 10.8 Å². The van der Waals surface area contributed by atoms with Crippen LogP contribution in [-0.2, 0) is 4.79 Å². The van der Waals surface area contributed by atoms with Gasteiger partial charge in [0.05, 0.1) is 6.21 Å². The van der Waals surface area contributed by atoms with Gasteiger partial charge in [0.2, 0.25) is 0 Å². The van der Waals surface area contributed by atoms with E-state index >= 15 is 0 Å². The molecule has 0 bridgehead atoms. The van der Waals surface area contributed by atoms with Gasteiger partial charge in [-0.3, -0.25) is 4.79 Å². The van der Waals surface area contributed by atoms with Crippen molar-refractivity contribution in [3.8, 4) is 5.75 Å². The number of carbonyl (C=O) groups excluding carboxylic acids is 1. The Morgan fingerprint density at radius 2 is 1.85 bits per heavy atom. The van der Waals surface area contributed by atoms with Gasteiger partial charge in [0.1, 0.15) is 11.8 Å². The van der Waals surface area contributed by atoms with E-state index in [1.165, 1.54) is 6.21 Å². The smallest absolute Gasteiger partial charge is 0.262 e. The lowest BCUT2D eigenvalue weighted by atomic mass is 10.0. The highest BCUT2D eigenvalue weighted by molar-refractivity contribution is 6.30. The average molecular weight is 368 g/mol. The Bertz CT molecular complexity index is 955. The minimum absolute atomic E-state index is 0.106. The molecule has 0 aliphatic carbocycles. The summed E-state index contributed by atoms with van der Waals surface area (Å²) < 4.78 is 0. The molecule has 0 aliphatic heterocycles. The topological polar surface area (TPSA) is 73.7 Å². The molecule has 3 aromatic carbocycles. The van der Waals surface area contributed by atoms with Crippen LogP contribution in [0.2, 0.25) is 5.02 Å². The van der Waals surface area contributed by atoms with Gasteiger partial charge >= 0.3 is 0 Å². The minimum atomic E-state index is -0.491. The standard InChI is InChI=1S/C20H18ClN3O2/c1-13(23-16-9-7-15(21)8-10-16)20(26)24-22-12-18-17-5-3-2-4-14(17)6-11-19(18)25/h2-13,23,25H,1H3,(H,24,26)/b22-12-/t13-/m0/s1. The van der Waals surface area contributed by atoms with Gasteiger partial charge in [-0.05, 0) is 48.0 Å². The zero-order valence-corrected chi connectivity index (χ0v) is 14.9. The molecule has 132 valence electrons. The van der Waals surface area contributed by atoms with Gasteiger partial charge in [-0.15, -0.1) is 0 Å². The third-order valence-electron chi connectivity index (χ3n) is 3.94. The van der Waals surface area contributed by atoms with Gasteiger partial charge in [0, 0.05) is 16.3 Å². The predicted octanol–water partition coefficient (Wildman–Crippen LogP) is 4.15. The van der Waals surface area contributed by atoms with Crippen molar-refractivity contribution in [2.45, 2.75) is 13.0 Å². The van der Waals surface area contributed by atoms with E-state index in [2.05, 4.69) is 15.8 Å². The number of anilines is 1. The maximum Gasteiger partial charge on any atom is 0.262 e. The Morgan fingerprint density at radius 3 is 2.62 bits per heavy atom. The largest absolute Gasteiger partial charge is 0.507 e. The number of phenolic OH excluding ortho intramolecular Hbond substituents is 1. The van der Waals surface area contributed by atoms with Crippen LogP contribution in [0, 0.1) is 0 Å². The Labute approximate surface area is 156 Å². The Hall–Kier alpha value is -3.05. The number of phenols is 1. The second kappa shape index (κ2) is 7.89. The number of rotatable bonds is 5. The van der Waals surface area contributed by atoms with Crippen LogP contribution < -0.4 is 10.7 Å². The number of hydrogen-bond acceptors (Lipinski definition) is 4. The maximum atomic E-state index is 12.2. The number of carbonyl (C=O) groups is 1. The normalized spacial score (nSPS) is 12.2. The van der Waals surface area contributed by atoms with Gasteiger partial charge in [-0.2, -0.15) is 5.10 Å². The Balaban J connectivity index is 1.67. The first-order valence-electron chi connectivity index (χ1n) is 8.10. The number of hydrazone groups is 1. The second-order valence-electron chi connectivity index (χ2n) is 5.83. The summed E-state index contributed by atoms with van der Waals surface area (Å²) in [5, 5.41) is 19.6. The van der Waals surface area contributed by atoms with Crippen LogP contribution in [0.3, 0.4) is 0 Å². The zero-order chi connectivity index (χ0) is 18.5. The van der Waals surface area contributed by atoms with Gasteiger partial charge < -0.3 is 10.4 Å². The molecule has 3 rings (SSSR count). The van der Waals surface area contributed by atoms with Gasteiger partial charge in [-0.1, -0.05) is 41.9 Å². The van der Waals surface area contributed by atoms with Crippen molar-refractivity contribution in [2.24, 2.45) is 5.10 Å². The number of aromatic hydroxyl groups is 1. The summed E-state index contributed by atoms with van der Waals surface area (Å²) in [6, 6.07) is 17.7. The van der Waals surface area contributed by atoms with Crippen molar-refractivity contribution >= 4 is 40.2 Å². The van der Waals surface area contributed by atoms with Crippen molar-refractivity contribution in [3.05, 3.63) is 71.2 Å². The summed E-state index contributed by atoms with van der Waals surface area (Å²) in [5.41, 5.74) is 3.83. The van der Waals surface area contributed by atoms with Gasteiger partial charge in [0.15, 0.2) is 0 Å². The molecule has 0 fully saturated rings. The number of nitrogens with zero attached hydrogens (tertiary/aromatic N) is 1. The monoisotopic (exact) mass is 367 g/mol. The van der Waals surface area contributed by atoms with E-state index in [0.29, 0.717) is 10.6 Å². The third-order valence-corrected chi connectivity index (χ3v) is 4.19. The molecular weight excluding hydrogens is 350 g/mol. The molecule has 0 aromatic heterocycles. The van der Waals surface area contributed by atoms with Crippen molar-refractivity contribution in [3.63, 3.8) is 0 Å². The van der Waals surface area contributed by atoms with E-state index in [4.69, 9.17) is 11.6 Å². The SMILES string of the molecule is C[C@H](Nc1ccc(Cl)cc1)C(=O)N/N=C\c1c(O)ccc2ccccc12. The fraction of sp³-hybridized carbons (Fsp3) is 0.100. The van der Waals surface area contributed by atoms with E-state index in [1.807, 2.05) is 30.3 Å². The molecule has 3 aromatic rings. The summed E-state index contributed by atoms with van der Waals surface area (Å²) in [6.07, 6.45) is 1.45. The summed E-state index contributed by atoms with van der Waals surface area (Å²) in [4.78, 5) is 12.2. The number of amides is 1. The number of halogens is 1. The zero-order valence-electron chi connectivity index (χ0n) is 14.1. The molecule has 5 nitrogen and oxygen atoms in total.